The highest BCUT2D eigenvalue weighted by molar-refractivity contribution is 5.97. The van der Waals surface area contributed by atoms with Gasteiger partial charge in [0.05, 0.1) is 19.8 Å². The number of hydrogen-bond donors (Lipinski definition) is 1. The third kappa shape index (κ3) is 5.69. The first-order valence-corrected chi connectivity index (χ1v) is 10.5. The fraction of sp³-hybridized carbons (Fsp3) is 0.682. The van der Waals surface area contributed by atoms with Crippen molar-refractivity contribution in [3.05, 3.63) is 24.3 Å². The minimum atomic E-state index is -0.702. The second-order valence-corrected chi connectivity index (χ2v) is 8.03. The molecule has 2 aliphatic rings. The maximum absolute atomic E-state index is 12.8. The molecule has 0 bridgehead atoms. The number of ether oxygens (including phenoxy) is 3. The highest BCUT2D eigenvalue weighted by atomic mass is 16.5. The molecule has 1 aliphatic heterocycles. The Morgan fingerprint density at radius 3 is 2.71 bits per heavy atom. The number of nitrogens with one attached hydrogen (secondary N) is 1. The Bertz CT molecular complexity index is 615. The molecule has 2 atom stereocenters. The van der Waals surface area contributed by atoms with Gasteiger partial charge in [-0.15, -0.1) is 0 Å². The standard InChI is InChI=1S/C22H34N2O4/c1-18-5-3-10-22(17-18,26-2)21(25)23-19-6-8-20(9-7-19)28-14-4-11-24-12-15-27-16-13-24/h6-9,18H,3-5,10-17H2,1-2H3,(H,23,25)/t18-,22-/m1/s1. The van der Waals surface area contributed by atoms with Crippen LogP contribution in [0.1, 0.15) is 39.0 Å². The molecule has 1 saturated heterocycles. The highest BCUT2D eigenvalue weighted by Gasteiger charge is 2.41. The van der Waals surface area contributed by atoms with Crippen LogP contribution in [-0.4, -0.2) is 63.0 Å². The average Bonchev–Trinajstić information content (AvgIpc) is 2.73. The van der Waals surface area contributed by atoms with E-state index in [9.17, 15) is 4.79 Å². The Kier molecular flexibility index (Phi) is 7.71. The van der Waals surface area contributed by atoms with Gasteiger partial charge in [-0.05, 0) is 55.9 Å². The summed E-state index contributed by atoms with van der Waals surface area (Å²) in [5, 5.41) is 3.02. The predicted molar refractivity (Wildman–Crippen MR) is 110 cm³/mol. The first kappa shape index (κ1) is 21.1. The number of rotatable bonds is 8. The molecule has 156 valence electrons. The van der Waals surface area contributed by atoms with Crippen molar-refractivity contribution in [3.63, 3.8) is 0 Å². The van der Waals surface area contributed by atoms with E-state index in [-0.39, 0.29) is 5.91 Å². The van der Waals surface area contributed by atoms with Crippen LogP contribution in [0.15, 0.2) is 24.3 Å². The minimum absolute atomic E-state index is 0.0410. The molecule has 6 heteroatoms. The monoisotopic (exact) mass is 390 g/mol. The SMILES string of the molecule is CO[C@]1(C(=O)Nc2ccc(OCCCN3CCOCC3)cc2)CCC[C@@H](C)C1. The lowest BCUT2D eigenvalue weighted by Gasteiger charge is -2.37. The maximum atomic E-state index is 12.8. The molecule has 0 spiro atoms. The van der Waals surface area contributed by atoms with Crippen LogP contribution in [0.3, 0.4) is 0 Å². The minimum Gasteiger partial charge on any atom is -0.494 e. The van der Waals surface area contributed by atoms with E-state index in [0.717, 1.165) is 76.4 Å². The lowest BCUT2D eigenvalue weighted by molar-refractivity contribution is -0.143. The van der Waals surface area contributed by atoms with E-state index in [2.05, 4.69) is 17.1 Å². The molecule has 1 amide bonds. The van der Waals surface area contributed by atoms with E-state index in [1.165, 1.54) is 0 Å². The summed E-state index contributed by atoms with van der Waals surface area (Å²) in [5.41, 5.74) is 0.0760. The molecule has 6 nitrogen and oxygen atoms in total. The lowest BCUT2D eigenvalue weighted by atomic mass is 9.78. The number of nitrogens with zero attached hydrogens (tertiary/aromatic N) is 1. The first-order chi connectivity index (χ1) is 13.6. The van der Waals surface area contributed by atoms with Crippen LogP contribution < -0.4 is 10.1 Å². The number of amides is 1. The average molecular weight is 391 g/mol. The molecule has 28 heavy (non-hydrogen) atoms. The smallest absolute Gasteiger partial charge is 0.256 e. The number of carbonyl (C=O) groups excluding carboxylic acids is 1. The predicted octanol–water partition coefficient (Wildman–Crippen LogP) is 3.32. The Labute approximate surface area is 168 Å². The normalized spacial score (nSPS) is 26.0. The van der Waals surface area contributed by atoms with Gasteiger partial charge in [-0.3, -0.25) is 9.69 Å². The Balaban J connectivity index is 1.44. The molecule has 1 saturated carbocycles. The maximum Gasteiger partial charge on any atom is 0.256 e. The summed E-state index contributed by atoms with van der Waals surface area (Å²) in [4.78, 5) is 15.2. The molecular weight excluding hydrogens is 356 g/mol. The molecule has 0 radical (unpaired) electrons. The number of carbonyl (C=O) groups is 1. The molecule has 3 rings (SSSR count). The van der Waals surface area contributed by atoms with Crippen molar-refractivity contribution in [3.8, 4) is 5.75 Å². The van der Waals surface area contributed by atoms with Gasteiger partial charge in [0.2, 0.25) is 0 Å². The van der Waals surface area contributed by atoms with Crippen LogP contribution in [-0.2, 0) is 14.3 Å². The lowest BCUT2D eigenvalue weighted by Crippen LogP contribution is -2.47. The van der Waals surface area contributed by atoms with E-state index >= 15 is 0 Å². The van der Waals surface area contributed by atoms with Crippen molar-refractivity contribution in [2.45, 2.75) is 44.6 Å². The third-order valence-corrected chi connectivity index (χ3v) is 5.86. The summed E-state index contributed by atoms with van der Waals surface area (Å²) in [5.74, 6) is 1.29. The van der Waals surface area contributed by atoms with Crippen LogP contribution in [0, 0.1) is 5.92 Å². The van der Waals surface area contributed by atoms with Crippen LogP contribution in [0.4, 0.5) is 5.69 Å². The summed E-state index contributed by atoms with van der Waals surface area (Å²) in [6.45, 7) is 7.59. The summed E-state index contributed by atoms with van der Waals surface area (Å²) in [6, 6.07) is 7.61. The molecular formula is C22H34N2O4. The van der Waals surface area contributed by atoms with Crippen molar-refractivity contribution in [2.24, 2.45) is 5.92 Å². The number of benzene rings is 1. The van der Waals surface area contributed by atoms with Crippen molar-refractivity contribution in [1.82, 2.24) is 4.90 Å². The first-order valence-electron chi connectivity index (χ1n) is 10.5. The molecule has 1 heterocycles. The van der Waals surface area contributed by atoms with Crippen LogP contribution in [0.2, 0.25) is 0 Å². The Morgan fingerprint density at radius 1 is 1.29 bits per heavy atom. The summed E-state index contributed by atoms with van der Waals surface area (Å²) >= 11 is 0. The van der Waals surface area contributed by atoms with Gasteiger partial charge >= 0.3 is 0 Å². The van der Waals surface area contributed by atoms with Crippen LogP contribution in [0.25, 0.3) is 0 Å². The van der Waals surface area contributed by atoms with E-state index in [0.29, 0.717) is 12.5 Å². The fourth-order valence-corrected chi connectivity index (χ4v) is 4.17. The zero-order valence-electron chi connectivity index (χ0n) is 17.2. The van der Waals surface area contributed by atoms with E-state index < -0.39 is 5.60 Å². The van der Waals surface area contributed by atoms with Crippen LogP contribution >= 0.6 is 0 Å². The quantitative estimate of drug-likeness (QED) is 0.690. The molecule has 1 aromatic rings. The Hall–Kier alpha value is -1.63. The van der Waals surface area contributed by atoms with Gasteiger partial charge in [0.15, 0.2) is 0 Å². The molecule has 1 aliphatic carbocycles. The van der Waals surface area contributed by atoms with Gasteiger partial charge < -0.3 is 19.5 Å². The zero-order valence-corrected chi connectivity index (χ0v) is 17.2. The number of anilines is 1. The number of methoxy groups -OCH3 is 1. The largest absolute Gasteiger partial charge is 0.494 e. The second-order valence-electron chi connectivity index (χ2n) is 8.03. The number of morpholine rings is 1. The molecule has 0 aromatic heterocycles. The van der Waals surface area contributed by atoms with E-state index in [1.807, 2.05) is 24.3 Å². The summed E-state index contributed by atoms with van der Waals surface area (Å²) < 4.78 is 16.9. The van der Waals surface area contributed by atoms with Crippen molar-refractivity contribution in [2.75, 3.05) is 51.9 Å². The zero-order chi connectivity index (χ0) is 19.8. The molecule has 1 N–H and O–H groups in total. The molecule has 0 unspecified atom stereocenters. The number of hydrogen-bond acceptors (Lipinski definition) is 5. The second kappa shape index (κ2) is 10.2. The van der Waals surface area contributed by atoms with Gasteiger partial charge in [0.1, 0.15) is 11.4 Å². The van der Waals surface area contributed by atoms with Gasteiger partial charge in [-0.2, -0.15) is 0 Å². The van der Waals surface area contributed by atoms with Crippen molar-refractivity contribution in [1.29, 1.82) is 0 Å². The molecule has 2 fully saturated rings. The summed E-state index contributed by atoms with van der Waals surface area (Å²) in [7, 11) is 1.64. The van der Waals surface area contributed by atoms with Gasteiger partial charge in [0.25, 0.3) is 5.91 Å². The van der Waals surface area contributed by atoms with Crippen molar-refractivity contribution >= 4 is 11.6 Å². The third-order valence-electron chi connectivity index (χ3n) is 5.86. The van der Waals surface area contributed by atoms with Gasteiger partial charge in [-0.1, -0.05) is 13.3 Å². The summed E-state index contributed by atoms with van der Waals surface area (Å²) in [6.07, 6.45) is 4.74. The van der Waals surface area contributed by atoms with Gasteiger partial charge in [-0.25, -0.2) is 0 Å². The molecule has 1 aromatic carbocycles. The highest BCUT2D eigenvalue weighted by Crippen LogP contribution is 2.35. The van der Waals surface area contributed by atoms with E-state index in [1.54, 1.807) is 7.11 Å². The topological polar surface area (TPSA) is 60.0 Å². The Morgan fingerprint density at radius 2 is 2.04 bits per heavy atom. The van der Waals surface area contributed by atoms with Gasteiger partial charge in [0, 0.05) is 32.4 Å². The van der Waals surface area contributed by atoms with E-state index in [4.69, 9.17) is 14.2 Å². The van der Waals surface area contributed by atoms with Crippen molar-refractivity contribution < 1.29 is 19.0 Å². The fourth-order valence-electron chi connectivity index (χ4n) is 4.17. The van der Waals surface area contributed by atoms with Crippen LogP contribution in [0.5, 0.6) is 5.75 Å².